The van der Waals surface area contributed by atoms with Gasteiger partial charge < -0.3 is 5.32 Å². The minimum atomic E-state index is -0.268. The molecule has 0 aliphatic carbocycles. The van der Waals surface area contributed by atoms with Crippen LogP contribution in [0.4, 0.5) is 4.39 Å². The van der Waals surface area contributed by atoms with Gasteiger partial charge in [-0.15, -0.1) is 11.3 Å². The molecule has 1 aromatic heterocycles. The Kier molecular flexibility index (Phi) is 6.06. The van der Waals surface area contributed by atoms with Crippen molar-refractivity contribution in [1.82, 2.24) is 5.32 Å². The number of rotatable bonds is 6. The van der Waals surface area contributed by atoms with Gasteiger partial charge in [0.2, 0.25) is 0 Å². The number of hydrogen-bond donors (Lipinski definition) is 1. The molecule has 0 aliphatic heterocycles. The van der Waals surface area contributed by atoms with Crippen molar-refractivity contribution in [1.29, 1.82) is 0 Å². The third kappa shape index (κ3) is 3.98. The first-order chi connectivity index (χ1) is 10.0. The van der Waals surface area contributed by atoms with Crippen molar-refractivity contribution in [3.05, 3.63) is 55.4 Å². The summed E-state index contributed by atoms with van der Waals surface area (Å²) >= 11 is 14.1. The molecule has 5 heteroatoms. The molecule has 0 amide bonds. The zero-order chi connectivity index (χ0) is 15.4. The second kappa shape index (κ2) is 7.59. The molecule has 0 aliphatic rings. The van der Waals surface area contributed by atoms with Crippen molar-refractivity contribution in [2.45, 2.75) is 32.7 Å². The second-order valence-corrected chi connectivity index (χ2v) is 6.70. The maximum atomic E-state index is 14.0. The maximum Gasteiger partial charge on any atom is 0.127 e. The van der Waals surface area contributed by atoms with Gasteiger partial charge in [-0.25, -0.2) is 4.39 Å². The number of benzene rings is 1. The summed E-state index contributed by atoms with van der Waals surface area (Å²) in [4.78, 5) is 1.04. The standard InChI is InChI=1S/C16H18Cl2FNS/c1-3-7-20-14(16-15(18)10(2)9-21-16)8-11-12(17)5-4-6-13(11)19/h4-6,9,14,20H,3,7-8H2,1-2H3. The highest BCUT2D eigenvalue weighted by Crippen LogP contribution is 2.35. The molecule has 1 aromatic carbocycles. The summed E-state index contributed by atoms with van der Waals surface area (Å²) in [5.74, 6) is -0.268. The lowest BCUT2D eigenvalue weighted by Crippen LogP contribution is -2.24. The highest BCUT2D eigenvalue weighted by Gasteiger charge is 2.20. The Balaban J connectivity index is 2.31. The summed E-state index contributed by atoms with van der Waals surface area (Å²) in [5.41, 5.74) is 1.59. The Morgan fingerprint density at radius 3 is 2.67 bits per heavy atom. The van der Waals surface area contributed by atoms with E-state index in [1.807, 2.05) is 12.3 Å². The van der Waals surface area contributed by atoms with E-state index >= 15 is 0 Å². The van der Waals surface area contributed by atoms with Crippen LogP contribution in [-0.2, 0) is 6.42 Å². The quantitative estimate of drug-likeness (QED) is 0.698. The van der Waals surface area contributed by atoms with Crippen LogP contribution in [0.25, 0.3) is 0 Å². The molecular weight excluding hydrogens is 328 g/mol. The van der Waals surface area contributed by atoms with Crippen LogP contribution in [0.2, 0.25) is 10.0 Å². The smallest absolute Gasteiger partial charge is 0.127 e. The van der Waals surface area contributed by atoms with E-state index in [9.17, 15) is 4.39 Å². The average Bonchev–Trinajstić information content (AvgIpc) is 2.78. The summed E-state index contributed by atoms with van der Waals surface area (Å²) in [7, 11) is 0. The molecule has 0 radical (unpaired) electrons. The number of nitrogens with one attached hydrogen (secondary N) is 1. The van der Waals surface area contributed by atoms with Crippen LogP contribution in [0.5, 0.6) is 0 Å². The maximum absolute atomic E-state index is 14.0. The molecule has 0 bridgehead atoms. The SMILES string of the molecule is CCCNC(Cc1c(F)cccc1Cl)c1scc(C)c1Cl. The Hall–Kier alpha value is -0.610. The number of thiophene rings is 1. The van der Waals surface area contributed by atoms with Gasteiger partial charge in [-0.3, -0.25) is 0 Å². The Labute approximate surface area is 139 Å². The highest BCUT2D eigenvalue weighted by atomic mass is 35.5. The lowest BCUT2D eigenvalue weighted by atomic mass is 10.0. The molecule has 1 N–H and O–H groups in total. The Morgan fingerprint density at radius 1 is 1.33 bits per heavy atom. The van der Waals surface area contributed by atoms with E-state index in [1.165, 1.54) is 6.07 Å². The first-order valence-corrected chi connectivity index (χ1v) is 8.57. The lowest BCUT2D eigenvalue weighted by molar-refractivity contribution is 0.519. The molecule has 2 aromatic rings. The zero-order valence-electron chi connectivity index (χ0n) is 12.1. The normalized spacial score (nSPS) is 12.6. The van der Waals surface area contributed by atoms with Crippen LogP contribution in [0.15, 0.2) is 23.6 Å². The highest BCUT2D eigenvalue weighted by molar-refractivity contribution is 7.10. The first kappa shape index (κ1) is 16.8. The Morgan fingerprint density at radius 2 is 2.10 bits per heavy atom. The fraction of sp³-hybridized carbons (Fsp3) is 0.375. The van der Waals surface area contributed by atoms with Gasteiger partial charge in [0.15, 0.2) is 0 Å². The van der Waals surface area contributed by atoms with Gasteiger partial charge in [0.1, 0.15) is 5.82 Å². The van der Waals surface area contributed by atoms with Crippen molar-refractivity contribution in [3.8, 4) is 0 Å². The second-order valence-electron chi connectivity index (χ2n) is 5.01. The summed E-state index contributed by atoms with van der Waals surface area (Å²) in [6.45, 7) is 4.93. The minimum absolute atomic E-state index is 0.0226. The van der Waals surface area contributed by atoms with Crippen LogP contribution < -0.4 is 5.32 Å². The number of hydrogen-bond acceptors (Lipinski definition) is 2. The van der Waals surface area contributed by atoms with Crippen LogP contribution in [0.3, 0.4) is 0 Å². The molecule has 1 atom stereocenters. The van der Waals surface area contributed by atoms with Crippen molar-refractivity contribution in [2.75, 3.05) is 6.54 Å². The van der Waals surface area contributed by atoms with Crippen molar-refractivity contribution in [2.24, 2.45) is 0 Å². The van der Waals surface area contributed by atoms with E-state index in [1.54, 1.807) is 23.5 Å². The zero-order valence-corrected chi connectivity index (χ0v) is 14.4. The third-order valence-corrected chi connectivity index (χ3v) is 5.53. The molecule has 0 saturated heterocycles. The van der Waals surface area contributed by atoms with Gasteiger partial charge in [0.05, 0.1) is 5.02 Å². The molecular formula is C16H18Cl2FNS. The van der Waals surface area contributed by atoms with E-state index in [-0.39, 0.29) is 11.9 Å². The summed E-state index contributed by atoms with van der Waals surface area (Å²) in [6, 6.07) is 4.76. The fourth-order valence-corrected chi connectivity index (χ4v) is 3.83. The molecule has 0 fully saturated rings. The van der Waals surface area contributed by atoms with Crippen LogP contribution in [-0.4, -0.2) is 6.54 Å². The molecule has 2 rings (SSSR count). The molecule has 0 spiro atoms. The average molecular weight is 346 g/mol. The van der Waals surface area contributed by atoms with Gasteiger partial charge in [-0.1, -0.05) is 36.2 Å². The monoisotopic (exact) mass is 345 g/mol. The first-order valence-electron chi connectivity index (χ1n) is 6.94. The topological polar surface area (TPSA) is 12.0 Å². The van der Waals surface area contributed by atoms with Crippen LogP contribution in [0, 0.1) is 12.7 Å². The largest absolute Gasteiger partial charge is 0.309 e. The summed E-state index contributed by atoms with van der Waals surface area (Å²) < 4.78 is 14.0. The molecule has 1 nitrogen and oxygen atoms in total. The van der Waals surface area contributed by atoms with Gasteiger partial charge in [0, 0.05) is 21.5 Å². The van der Waals surface area contributed by atoms with E-state index in [0.717, 1.165) is 28.4 Å². The minimum Gasteiger partial charge on any atom is -0.309 e. The van der Waals surface area contributed by atoms with E-state index in [2.05, 4.69) is 12.2 Å². The molecule has 1 heterocycles. The predicted octanol–water partition coefficient (Wildman–Crippen LogP) is 5.79. The van der Waals surface area contributed by atoms with E-state index < -0.39 is 0 Å². The predicted molar refractivity (Wildman–Crippen MR) is 90.2 cm³/mol. The van der Waals surface area contributed by atoms with Crippen LogP contribution in [0.1, 0.15) is 35.4 Å². The van der Waals surface area contributed by atoms with Gasteiger partial charge in [-0.2, -0.15) is 0 Å². The molecule has 0 saturated carbocycles. The van der Waals surface area contributed by atoms with Gasteiger partial charge in [0.25, 0.3) is 0 Å². The van der Waals surface area contributed by atoms with Crippen LogP contribution >= 0.6 is 34.5 Å². The van der Waals surface area contributed by atoms with Gasteiger partial charge in [-0.05, 0) is 49.4 Å². The fourth-order valence-electron chi connectivity index (χ4n) is 2.19. The van der Waals surface area contributed by atoms with E-state index in [4.69, 9.17) is 23.2 Å². The molecule has 21 heavy (non-hydrogen) atoms. The van der Waals surface area contributed by atoms with Crippen molar-refractivity contribution in [3.63, 3.8) is 0 Å². The van der Waals surface area contributed by atoms with E-state index in [0.29, 0.717) is 17.0 Å². The summed E-state index contributed by atoms with van der Waals surface area (Å²) in [5, 5.41) is 6.70. The number of halogens is 3. The Bertz CT molecular complexity index is 592. The lowest BCUT2D eigenvalue weighted by Gasteiger charge is -2.19. The van der Waals surface area contributed by atoms with Gasteiger partial charge >= 0.3 is 0 Å². The molecule has 1 unspecified atom stereocenters. The molecule has 114 valence electrons. The summed E-state index contributed by atoms with van der Waals surface area (Å²) in [6.07, 6.45) is 1.49. The van der Waals surface area contributed by atoms with Crippen molar-refractivity contribution < 1.29 is 4.39 Å². The third-order valence-electron chi connectivity index (χ3n) is 3.35. The van der Waals surface area contributed by atoms with Crippen molar-refractivity contribution >= 4 is 34.5 Å². The number of aryl methyl sites for hydroxylation is 1.